The summed E-state index contributed by atoms with van der Waals surface area (Å²) in [7, 11) is 0. The van der Waals surface area contributed by atoms with E-state index >= 15 is 0 Å². The first kappa shape index (κ1) is 20.3. The third-order valence-electron chi connectivity index (χ3n) is 6.15. The van der Waals surface area contributed by atoms with Crippen LogP contribution in [0.3, 0.4) is 0 Å². The maximum absolute atomic E-state index is 12.3. The van der Waals surface area contributed by atoms with Gasteiger partial charge < -0.3 is 14.2 Å². The maximum atomic E-state index is 12.3. The average molecular weight is 424 g/mol. The molecule has 0 aliphatic carbocycles. The molecule has 0 aliphatic heterocycles. The van der Waals surface area contributed by atoms with E-state index < -0.39 is 0 Å². The Morgan fingerprint density at radius 1 is 0.969 bits per heavy atom. The summed E-state index contributed by atoms with van der Waals surface area (Å²) < 4.78 is 8.09. The largest absolute Gasteiger partial charge is 0.489 e. The fourth-order valence-corrected chi connectivity index (χ4v) is 4.65. The van der Waals surface area contributed by atoms with E-state index in [-0.39, 0.29) is 12.4 Å². The predicted octanol–water partition coefficient (Wildman–Crippen LogP) is 6.03. The van der Waals surface area contributed by atoms with E-state index in [1.165, 1.54) is 5.56 Å². The van der Waals surface area contributed by atoms with Crippen molar-refractivity contribution in [3.63, 3.8) is 0 Å². The van der Waals surface area contributed by atoms with Crippen molar-refractivity contribution in [2.24, 2.45) is 0 Å². The smallest absolute Gasteiger partial charge is 0.161 e. The van der Waals surface area contributed by atoms with Crippen molar-refractivity contribution in [1.29, 1.82) is 0 Å². The highest BCUT2D eigenvalue weighted by molar-refractivity contribution is 6.08. The van der Waals surface area contributed by atoms with Gasteiger partial charge in [-0.3, -0.25) is 4.79 Å². The van der Waals surface area contributed by atoms with Gasteiger partial charge in [-0.25, -0.2) is 0 Å². The molecule has 5 rings (SSSR count). The number of nitrogens with zero attached hydrogens (tertiary/aromatic N) is 1. The number of benzene rings is 2. The second-order valence-electron chi connectivity index (χ2n) is 8.09. The molecule has 160 valence electrons. The van der Waals surface area contributed by atoms with Crippen LogP contribution in [-0.4, -0.2) is 15.3 Å². The van der Waals surface area contributed by atoms with Gasteiger partial charge in [0, 0.05) is 16.7 Å². The first-order valence-corrected chi connectivity index (χ1v) is 10.9. The van der Waals surface area contributed by atoms with Crippen molar-refractivity contribution in [2.75, 3.05) is 0 Å². The molecule has 0 fully saturated rings. The van der Waals surface area contributed by atoms with Gasteiger partial charge in [0.2, 0.25) is 0 Å². The van der Waals surface area contributed by atoms with Crippen LogP contribution in [0.25, 0.3) is 27.7 Å². The van der Waals surface area contributed by atoms with E-state index in [1.807, 2.05) is 60.7 Å². The number of aliphatic hydroxyl groups is 1. The predicted molar refractivity (Wildman–Crippen MR) is 128 cm³/mol. The third kappa shape index (κ3) is 3.24. The number of carbonyl (C=O) groups excluding carboxylic acids is 1. The Morgan fingerprint density at radius 2 is 1.72 bits per heavy atom. The third-order valence-corrected chi connectivity index (χ3v) is 6.15. The Kier molecular flexibility index (Phi) is 5.16. The Morgan fingerprint density at radius 3 is 2.38 bits per heavy atom. The van der Waals surface area contributed by atoms with Crippen LogP contribution in [0.5, 0.6) is 5.75 Å². The number of hydrogen-bond donors (Lipinski definition) is 1. The van der Waals surface area contributed by atoms with Crippen molar-refractivity contribution in [2.45, 2.75) is 33.5 Å². The van der Waals surface area contributed by atoms with Crippen LogP contribution in [0.1, 0.15) is 40.9 Å². The number of aromatic nitrogens is 1. The van der Waals surface area contributed by atoms with Gasteiger partial charge >= 0.3 is 0 Å². The van der Waals surface area contributed by atoms with Crippen molar-refractivity contribution in [3.8, 4) is 16.9 Å². The molecule has 0 saturated carbocycles. The van der Waals surface area contributed by atoms with Crippen LogP contribution >= 0.6 is 0 Å². The number of ether oxygens (including phenoxy) is 1. The van der Waals surface area contributed by atoms with E-state index in [9.17, 15) is 9.90 Å². The lowest BCUT2D eigenvalue weighted by Gasteiger charge is -2.09. The summed E-state index contributed by atoms with van der Waals surface area (Å²) in [5.41, 5.74) is 8.98. The minimum absolute atomic E-state index is 0.0403. The molecule has 3 heterocycles. The molecule has 2 aromatic carbocycles. The number of aliphatic hydroxyl groups excluding tert-OH is 1. The molecule has 0 unspecified atom stereocenters. The summed E-state index contributed by atoms with van der Waals surface area (Å²) in [5, 5.41) is 9.99. The molecular formula is C28H25NO3. The number of rotatable bonds is 7. The summed E-state index contributed by atoms with van der Waals surface area (Å²) in [6.45, 7) is 4.21. The normalized spacial score (nSPS) is 11.5. The molecular weight excluding hydrogens is 398 g/mol. The summed E-state index contributed by atoms with van der Waals surface area (Å²) in [5.74, 6) is 0.855. The second-order valence-corrected chi connectivity index (χ2v) is 8.09. The SMILES string of the molecule is CCc1c(-c2ccc(OCc3ccccc3)cc2)c2cc(C(C)=O)c3ccc(CO)c1n32. The summed E-state index contributed by atoms with van der Waals surface area (Å²) in [6.07, 6.45) is 0.824. The topological polar surface area (TPSA) is 50.9 Å². The van der Waals surface area contributed by atoms with Crippen LogP contribution in [0, 0.1) is 0 Å². The quantitative estimate of drug-likeness (QED) is 0.325. The van der Waals surface area contributed by atoms with Crippen LogP contribution in [0.4, 0.5) is 0 Å². The van der Waals surface area contributed by atoms with E-state index in [1.54, 1.807) is 6.92 Å². The molecule has 32 heavy (non-hydrogen) atoms. The van der Waals surface area contributed by atoms with Crippen molar-refractivity contribution >= 4 is 22.3 Å². The highest BCUT2D eigenvalue weighted by atomic mass is 16.5. The summed E-state index contributed by atoms with van der Waals surface area (Å²) in [6, 6.07) is 24.1. The molecule has 0 atom stereocenters. The lowest BCUT2D eigenvalue weighted by molar-refractivity contribution is 0.101. The van der Waals surface area contributed by atoms with Gasteiger partial charge in [-0.15, -0.1) is 0 Å². The monoisotopic (exact) mass is 423 g/mol. The molecule has 0 saturated heterocycles. The summed E-state index contributed by atoms with van der Waals surface area (Å²) in [4.78, 5) is 12.3. The van der Waals surface area contributed by atoms with E-state index in [4.69, 9.17) is 4.74 Å². The van der Waals surface area contributed by atoms with E-state index in [0.29, 0.717) is 12.2 Å². The molecule has 4 heteroatoms. The average Bonchev–Trinajstić information content (AvgIpc) is 3.37. The molecule has 0 amide bonds. The van der Waals surface area contributed by atoms with Gasteiger partial charge in [-0.2, -0.15) is 0 Å². The second kappa shape index (κ2) is 8.13. The van der Waals surface area contributed by atoms with Crippen LogP contribution < -0.4 is 4.74 Å². The van der Waals surface area contributed by atoms with Gasteiger partial charge in [0.25, 0.3) is 0 Å². The standard InChI is InChI=1S/C28H25NO3/c1-3-23-27(20-9-12-22(13-10-20)32-17-19-7-5-4-6-8-19)26-15-24(18(2)31)25-14-11-21(16-30)28(23)29(25)26/h4-15,30H,3,16-17H2,1-2H3. The molecule has 1 N–H and O–H groups in total. The fraction of sp³-hybridized carbons (Fsp3) is 0.179. The van der Waals surface area contributed by atoms with Crippen LogP contribution in [-0.2, 0) is 19.6 Å². The first-order chi connectivity index (χ1) is 15.6. The van der Waals surface area contributed by atoms with E-state index in [0.717, 1.165) is 51.0 Å². The Balaban J connectivity index is 1.60. The van der Waals surface area contributed by atoms with Crippen molar-refractivity contribution < 1.29 is 14.6 Å². The Hall–Kier alpha value is -3.63. The minimum Gasteiger partial charge on any atom is -0.489 e. The van der Waals surface area contributed by atoms with Crippen LogP contribution in [0.2, 0.25) is 0 Å². The Labute approximate surface area is 187 Å². The first-order valence-electron chi connectivity index (χ1n) is 10.9. The van der Waals surface area contributed by atoms with Crippen molar-refractivity contribution in [3.05, 3.63) is 95.1 Å². The summed E-state index contributed by atoms with van der Waals surface area (Å²) >= 11 is 0. The number of ketones is 1. The van der Waals surface area contributed by atoms with Gasteiger partial charge in [-0.1, -0.05) is 55.5 Å². The zero-order valence-corrected chi connectivity index (χ0v) is 18.3. The van der Waals surface area contributed by atoms with Gasteiger partial charge in [-0.05, 0) is 54.3 Å². The number of Topliss-reactive ketones (excluding diaryl/α,β-unsaturated/α-hetero) is 1. The molecule has 4 nitrogen and oxygen atoms in total. The van der Waals surface area contributed by atoms with Gasteiger partial charge in [0.1, 0.15) is 12.4 Å². The minimum atomic E-state index is -0.0403. The zero-order valence-electron chi connectivity index (χ0n) is 18.3. The number of pyridine rings is 1. The molecule has 0 aliphatic rings. The highest BCUT2D eigenvalue weighted by Crippen LogP contribution is 2.40. The maximum Gasteiger partial charge on any atom is 0.161 e. The van der Waals surface area contributed by atoms with E-state index in [2.05, 4.69) is 23.5 Å². The van der Waals surface area contributed by atoms with Gasteiger partial charge in [0.15, 0.2) is 5.78 Å². The molecule has 0 radical (unpaired) electrons. The lowest BCUT2D eigenvalue weighted by atomic mass is 9.97. The lowest BCUT2D eigenvalue weighted by Crippen LogP contribution is -1.97. The number of aryl methyl sites for hydroxylation is 1. The van der Waals surface area contributed by atoms with Crippen LogP contribution in [0.15, 0.2) is 72.8 Å². The number of carbonyl (C=O) groups is 1. The molecule has 0 spiro atoms. The molecule has 0 bridgehead atoms. The van der Waals surface area contributed by atoms with Gasteiger partial charge in [0.05, 0.1) is 23.2 Å². The number of hydrogen-bond acceptors (Lipinski definition) is 3. The zero-order chi connectivity index (χ0) is 22.2. The fourth-order valence-electron chi connectivity index (χ4n) is 4.65. The molecule has 3 aromatic heterocycles. The molecule has 5 aromatic rings. The van der Waals surface area contributed by atoms with Crippen molar-refractivity contribution in [1.82, 2.24) is 4.40 Å². The Bertz CT molecular complexity index is 1400. The highest BCUT2D eigenvalue weighted by Gasteiger charge is 2.23.